The van der Waals surface area contributed by atoms with Gasteiger partial charge >= 0.3 is 0 Å². The maximum atomic E-state index is 13.5. The first-order chi connectivity index (χ1) is 7.75. The number of hydrogen-bond acceptors (Lipinski definition) is 3. The molecule has 0 bridgehead atoms. The van der Waals surface area contributed by atoms with Gasteiger partial charge in [0.25, 0.3) is 0 Å². The smallest absolute Gasteiger partial charge is 0.220 e. The molecule has 2 aliphatic heterocycles. The zero-order valence-corrected chi connectivity index (χ0v) is 9.06. The molecule has 2 unspecified atom stereocenters. The summed E-state index contributed by atoms with van der Waals surface area (Å²) in [5.74, 6) is -0.393. The molecular weight excluding hydrogens is 207 g/mol. The topological polar surface area (TPSA) is 28.7 Å². The zero-order chi connectivity index (χ0) is 11.1. The summed E-state index contributed by atoms with van der Waals surface area (Å²) in [5, 5.41) is 0. The average Bonchev–Trinajstić information content (AvgIpc) is 3.03. The highest BCUT2D eigenvalue weighted by atomic mass is 19.1. The fraction of sp³-hybridized carbons (Fsp3) is 0.417. The Morgan fingerprint density at radius 2 is 2.44 bits per heavy atom. The minimum atomic E-state index is -0.393. The number of fused-ring (bicyclic) bond motifs is 1. The second kappa shape index (κ2) is 3.64. The fourth-order valence-corrected chi connectivity index (χ4v) is 2.15. The van der Waals surface area contributed by atoms with E-state index in [-0.39, 0.29) is 12.3 Å². The predicted octanol–water partition coefficient (Wildman–Crippen LogP) is 1.66. The number of aromatic nitrogens is 1. The molecule has 1 aromatic heterocycles. The number of epoxide rings is 1. The van der Waals surface area contributed by atoms with Crippen LogP contribution in [-0.4, -0.2) is 35.8 Å². The molecule has 3 heterocycles. The van der Waals surface area contributed by atoms with E-state index in [1.54, 1.807) is 12.1 Å². The van der Waals surface area contributed by atoms with E-state index in [1.165, 1.54) is 6.20 Å². The van der Waals surface area contributed by atoms with Crippen molar-refractivity contribution in [3.63, 3.8) is 0 Å². The second-order valence-corrected chi connectivity index (χ2v) is 4.26. The average molecular weight is 220 g/mol. The molecule has 2 atom stereocenters. The number of hydrogen-bond donors (Lipinski definition) is 0. The summed E-state index contributed by atoms with van der Waals surface area (Å²) in [6.07, 6.45) is 4.65. The predicted molar refractivity (Wildman–Crippen MR) is 58.1 cm³/mol. The first kappa shape index (κ1) is 9.93. The van der Waals surface area contributed by atoms with E-state index in [2.05, 4.69) is 9.88 Å². The van der Waals surface area contributed by atoms with Crippen molar-refractivity contribution >= 4 is 5.57 Å². The molecule has 0 N–H and O–H groups in total. The van der Waals surface area contributed by atoms with Crippen molar-refractivity contribution in [1.29, 1.82) is 0 Å². The van der Waals surface area contributed by atoms with Crippen LogP contribution in [0.4, 0.5) is 4.39 Å². The molecule has 0 saturated carbocycles. The molecule has 16 heavy (non-hydrogen) atoms. The molecule has 1 aromatic rings. The Balaban J connectivity index is 1.93. The number of halogens is 1. The van der Waals surface area contributed by atoms with E-state index in [9.17, 15) is 4.39 Å². The summed E-state index contributed by atoms with van der Waals surface area (Å²) in [4.78, 5) is 5.84. The van der Waals surface area contributed by atoms with E-state index < -0.39 is 5.95 Å². The first-order valence-electron chi connectivity index (χ1n) is 5.43. The van der Waals surface area contributed by atoms with Gasteiger partial charge in [-0.1, -0.05) is 0 Å². The molecule has 3 nitrogen and oxygen atoms in total. The second-order valence-electron chi connectivity index (χ2n) is 4.26. The molecule has 84 valence electrons. The molecule has 1 fully saturated rings. The third-order valence-corrected chi connectivity index (χ3v) is 3.14. The van der Waals surface area contributed by atoms with Crippen LogP contribution in [0.15, 0.2) is 24.4 Å². The highest BCUT2D eigenvalue weighted by Gasteiger charge is 2.42. The molecule has 4 heteroatoms. The molecule has 3 rings (SSSR count). The van der Waals surface area contributed by atoms with Gasteiger partial charge in [0, 0.05) is 18.3 Å². The van der Waals surface area contributed by atoms with E-state index in [4.69, 9.17) is 4.74 Å². The van der Waals surface area contributed by atoms with Gasteiger partial charge in [-0.3, -0.25) is 4.90 Å². The summed E-state index contributed by atoms with van der Waals surface area (Å²) in [5.41, 5.74) is 1.61. The van der Waals surface area contributed by atoms with Gasteiger partial charge in [-0.05, 0) is 37.3 Å². The third-order valence-electron chi connectivity index (χ3n) is 3.14. The summed E-state index contributed by atoms with van der Waals surface area (Å²) in [6.45, 7) is 0.890. The minimum absolute atomic E-state index is 0.127. The standard InChI is InChI=1S/C12H13FN2O/c1-15-6-4-8(7-10-12(15)16-10)9-3-2-5-14-11(9)13/h2-3,5,7,10,12H,4,6H2,1H3. The lowest BCUT2D eigenvalue weighted by Gasteiger charge is -2.13. The zero-order valence-electron chi connectivity index (χ0n) is 9.06. The van der Waals surface area contributed by atoms with E-state index in [0.29, 0.717) is 5.56 Å². The number of ether oxygens (including phenoxy) is 1. The Hall–Kier alpha value is -1.26. The van der Waals surface area contributed by atoms with Crippen molar-refractivity contribution in [3.05, 3.63) is 35.9 Å². The van der Waals surface area contributed by atoms with Crippen molar-refractivity contribution < 1.29 is 9.13 Å². The van der Waals surface area contributed by atoms with Gasteiger partial charge < -0.3 is 4.74 Å². The maximum absolute atomic E-state index is 13.5. The molecule has 0 aromatic carbocycles. The lowest BCUT2D eigenvalue weighted by molar-refractivity contribution is 0.213. The summed E-state index contributed by atoms with van der Waals surface area (Å²) >= 11 is 0. The Kier molecular flexibility index (Phi) is 2.26. The van der Waals surface area contributed by atoms with Crippen LogP contribution in [-0.2, 0) is 4.74 Å². The van der Waals surface area contributed by atoms with Crippen LogP contribution in [0.5, 0.6) is 0 Å². The minimum Gasteiger partial charge on any atom is -0.349 e. The maximum Gasteiger partial charge on any atom is 0.220 e. The Bertz CT molecular complexity index is 446. The lowest BCUT2D eigenvalue weighted by Crippen LogP contribution is -2.23. The quantitative estimate of drug-likeness (QED) is 0.532. The van der Waals surface area contributed by atoms with Crippen LogP contribution in [0.2, 0.25) is 0 Å². The van der Waals surface area contributed by atoms with Gasteiger partial charge in [0.2, 0.25) is 5.95 Å². The highest BCUT2D eigenvalue weighted by Crippen LogP contribution is 2.34. The van der Waals surface area contributed by atoms with Gasteiger partial charge in [-0.25, -0.2) is 4.98 Å². The first-order valence-corrected chi connectivity index (χ1v) is 5.43. The third kappa shape index (κ3) is 1.64. The molecule has 0 aliphatic carbocycles. The van der Waals surface area contributed by atoms with Gasteiger partial charge in [0.15, 0.2) is 0 Å². The van der Waals surface area contributed by atoms with E-state index in [1.807, 2.05) is 13.1 Å². The summed E-state index contributed by atoms with van der Waals surface area (Å²) < 4.78 is 19.0. The summed E-state index contributed by atoms with van der Waals surface area (Å²) in [7, 11) is 2.03. The fourth-order valence-electron chi connectivity index (χ4n) is 2.15. The molecular formula is C12H13FN2O. The van der Waals surface area contributed by atoms with E-state index in [0.717, 1.165) is 18.5 Å². The number of rotatable bonds is 1. The summed E-state index contributed by atoms with van der Waals surface area (Å²) in [6, 6.07) is 3.54. The van der Waals surface area contributed by atoms with Crippen LogP contribution in [0.1, 0.15) is 12.0 Å². The highest BCUT2D eigenvalue weighted by molar-refractivity contribution is 5.66. The molecule has 1 saturated heterocycles. The largest absolute Gasteiger partial charge is 0.349 e. The van der Waals surface area contributed by atoms with E-state index >= 15 is 0 Å². The molecule has 0 amide bonds. The van der Waals surface area contributed by atoms with Crippen molar-refractivity contribution in [3.8, 4) is 0 Å². The van der Waals surface area contributed by atoms with Gasteiger partial charge in [0.05, 0.1) is 0 Å². The van der Waals surface area contributed by atoms with Gasteiger partial charge in [-0.2, -0.15) is 4.39 Å². The normalized spacial score (nSPS) is 29.2. The van der Waals surface area contributed by atoms with Crippen LogP contribution >= 0.6 is 0 Å². The lowest BCUT2D eigenvalue weighted by atomic mass is 10.0. The van der Waals surface area contributed by atoms with Gasteiger partial charge in [0.1, 0.15) is 12.3 Å². The number of likely N-dealkylation sites (N-methyl/N-ethyl adjacent to an activating group) is 1. The number of nitrogens with zero attached hydrogens (tertiary/aromatic N) is 2. The molecule has 0 spiro atoms. The number of pyridine rings is 1. The van der Waals surface area contributed by atoms with Crippen LogP contribution in [0.25, 0.3) is 5.57 Å². The molecule has 2 aliphatic rings. The van der Waals surface area contributed by atoms with Crippen LogP contribution in [0, 0.1) is 5.95 Å². The van der Waals surface area contributed by atoms with Crippen molar-refractivity contribution in [2.45, 2.75) is 18.8 Å². The van der Waals surface area contributed by atoms with Crippen LogP contribution in [0.3, 0.4) is 0 Å². The van der Waals surface area contributed by atoms with Gasteiger partial charge in [-0.15, -0.1) is 0 Å². The Labute approximate surface area is 93.5 Å². The van der Waals surface area contributed by atoms with Crippen LogP contribution < -0.4 is 0 Å². The SMILES string of the molecule is CN1CCC(c2cccnc2F)=CC2OC21. The van der Waals surface area contributed by atoms with Crippen molar-refractivity contribution in [2.24, 2.45) is 0 Å². The monoisotopic (exact) mass is 220 g/mol. The Morgan fingerprint density at radius 1 is 1.56 bits per heavy atom. The van der Waals surface area contributed by atoms with Crippen molar-refractivity contribution in [2.75, 3.05) is 13.6 Å². The van der Waals surface area contributed by atoms with Crippen molar-refractivity contribution in [1.82, 2.24) is 9.88 Å². The molecule has 0 radical (unpaired) electrons. The Morgan fingerprint density at radius 3 is 3.25 bits per heavy atom.